The molecule has 17 heavy (non-hydrogen) atoms. The molecule has 94 valence electrons. The number of halogens is 1. The van der Waals surface area contributed by atoms with Crippen LogP contribution in [0.2, 0.25) is 0 Å². The number of rotatable bonds is 3. The van der Waals surface area contributed by atoms with Gasteiger partial charge in [-0.15, -0.1) is 0 Å². The minimum Gasteiger partial charge on any atom is -0.378 e. The summed E-state index contributed by atoms with van der Waals surface area (Å²) in [5.74, 6) is -0.0643. The Labute approximate surface area is 109 Å². The fraction of sp³-hybridized carbons (Fsp3) is 0.545. The average molecular weight is 302 g/mol. The lowest BCUT2D eigenvalue weighted by atomic mass is 10.2. The van der Waals surface area contributed by atoms with E-state index in [0.717, 1.165) is 17.6 Å². The van der Waals surface area contributed by atoms with E-state index in [1.165, 1.54) is 0 Å². The van der Waals surface area contributed by atoms with Crippen molar-refractivity contribution in [3.8, 4) is 0 Å². The zero-order valence-electron chi connectivity index (χ0n) is 9.70. The Balaban J connectivity index is 1.86. The summed E-state index contributed by atoms with van der Waals surface area (Å²) in [5.41, 5.74) is 0.647. The predicted octanol–water partition coefficient (Wildman–Crippen LogP) is 0.506. The van der Waals surface area contributed by atoms with Gasteiger partial charge in [0.2, 0.25) is 0 Å². The standard InChI is InChI=1S/C11H16BrN3O2/c1-15-6-8(12)4-10(15)11(16)14-5-9-7-17-3-2-13-9/h4,6,9,13H,2-3,5,7H2,1H3,(H,14,16). The molecule has 2 rings (SSSR count). The van der Waals surface area contributed by atoms with E-state index in [1.807, 2.05) is 13.2 Å². The van der Waals surface area contributed by atoms with Gasteiger partial charge in [-0.05, 0) is 22.0 Å². The van der Waals surface area contributed by atoms with Crippen LogP contribution in [-0.4, -0.2) is 42.8 Å². The smallest absolute Gasteiger partial charge is 0.267 e. The molecule has 0 aromatic carbocycles. The van der Waals surface area contributed by atoms with Crippen molar-refractivity contribution < 1.29 is 9.53 Å². The van der Waals surface area contributed by atoms with E-state index in [-0.39, 0.29) is 11.9 Å². The maximum Gasteiger partial charge on any atom is 0.267 e. The Kier molecular flexibility index (Phi) is 4.20. The van der Waals surface area contributed by atoms with Crippen LogP contribution in [0.3, 0.4) is 0 Å². The van der Waals surface area contributed by atoms with Crippen molar-refractivity contribution in [2.24, 2.45) is 7.05 Å². The van der Waals surface area contributed by atoms with E-state index in [2.05, 4.69) is 26.6 Å². The van der Waals surface area contributed by atoms with Gasteiger partial charge in [0.1, 0.15) is 5.69 Å². The summed E-state index contributed by atoms with van der Waals surface area (Å²) in [6, 6.07) is 2.01. The number of amides is 1. The van der Waals surface area contributed by atoms with Gasteiger partial charge in [0.05, 0.1) is 13.2 Å². The molecule has 2 heterocycles. The van der Waals surface area contributed by atoms with Gasteiger partial charge in [-0.3, -0.25) is 4.79 Å². The SMILES string of the molecule is Cn1cc(Br)cc1C(=O)NCC1COCCN1. The minimum absolute atomic E-state index is 0.0643. The molecular formula is C11H16BrN3O2. The normalized spacial score (nSPS) is 20.2. The van der Waals surface area contributed by atoms with Gasteiger partial charge in [0.25, 0.3) is 5.91 Å². The highest BCUT2D eigenvalue weighted by Gasteiger charge is 2.16. The summed E-state index contributed by atoms with van der Waals surface area (Å²) in [6.07, 6.45) is 1.86. The van der Waals surface area contributed by atoms with Crippen LogP contribution in [0.4, 0.5) is 0 Å². The molecule has 1 amide bonds. The lowest BCUT2D eigenvalue weighted by molar-refractivity contribution is 0.0733. The van der Waals surface area contributed by atoms with Crippen LogP contribution in [0.1, 0.15) is 10.5 Å². The third kappa shape index (κ3) is 3.31. The molecule has 6 heteroatoms. The van der Waals surface area contributed by atoms with Crippen molar-refractivity contribution in [3.05, 3.63) is 22.4 Å². The van der Waals surface area contributed by atoms with Crippen LogP contribution >= 0.6 is 15.9 Å². The molecule has 1 saturated heterocycles. The molecule has 0 spiro atoms. The summed E-state index contributed by atoms with van der Waals surface area (Å²) < 4.78 is 8.02. The number of ether oxygens (including phenoxy) is 1. The molecule has 0 radical (unpaired) electrons. The van der Waals surface area contributed by atoms with E-state index in [0.29, 0.717) is 18.8 Å². The van der Waals surface area contributed by atoms with Crippen LogP contribution < -0.4 is 10.6 Å². The average Bonchev–Trinajstić information content (AvgIpc) is 2.67. The largest absolute Gasteiger partial charge is 0.378 e. The quantitative estimate of drug-likeness (QED) is 0.855. The van der Waals surface area contributed by atoms with Crippen molar-refractivity contribution in [2.75, 3.05) is 26.3 Å². The van der Waals surface area contributed by atoms with Crippen LogP contribution in [0.15, 0.2) is 16.7 Å². The molecule has 5 nitrogen and oxygen atoms in total. The van der Waals surface area contributed by atoms with Crippen molar-refractivity contribution >= 4 is 21.8 Å². The maximum absolute atomic E-state index is 11.9. The van der Waals surface area contributed by atoms with E-state index < -0.39 is 0 Å². The molecule has 1 aromatic rings. The Hall–Kier alpha value is -0.850. The second kappa shape index (κ2) is 5.66. The van der Waals surface area contributed by atoms with Crippen LogP contribution in [0, 0.1) is 0 Å². The maximum atomic E-state index is 11.9. The van der Waals surface area contributed by atoms with Gasteiger partial charge >= 0.3 is 0 Å². The number of carbonyl (C=O) groups is 1. The topological polar surface area (TPSA) is 55.3 Å². The summed E-state index contributed by atoms with van der Waals surface area (Å²) in [7, 11) is 1.85. The summed E-state index contributed by atoms with van der Waals surface area (Å²) >= 11 is 3.35. The number of aromatic nitrogens is 1. The van der Waals surface area contributed by atoms with Gasteiger partial charge in [0.15, 0.2) is 0 Å². The number of nitrogens with zero attached hydrogens (tertiary/aromatic N) is 1. The van der Waals surface area contributed by atoms with Gasteiger partial charge < -0.3 is 19.9 Å². The van der Waals surface area contributed by atoms with E-state index in [1.54, 1.807) is 10.6 Å². The number of hydrogen-bond donors (Lipinski definition) is 2. The Bertz CT molecular complexity index is 399. The summed E-state index contributed by atoms with van der Waals surface area (Å²) in [6.45, 7) is 2.82. The van der Waals surface area contributed by atoms with Crippen molar-refractivity contribution in [1.29, 1.82) is 0 Å². The first-order valence-corrected chi connectivity index (χ1v) is 6.37. The van der Waals surface area contributed by atoms with Crippen LogP contribution in [0.5, 0.6) is 0 Å². The van der Waals surface area contributed by atoms with Crippen molar-refractivity contribution in [1.82, 2.24) is 15.2 Å². The third-order valence-electron chi connectivity index (χ3n) is 2.71. The molecule has 1 fully saturated rings. The number of carbonyl (C=O) groups excluding carboxylic acids is 1. The Morgan fingerprint density at radius 3 is 3.18 bits per heavy atom. The Morgan fingerprint density at radius 1 is 1.76 bits per heavy atom. The fourth-order valence-electron chi connectivity index (χ4n) is 1.81. The first-order chi connectivity index (χ1) is 8.16. The second-order valence-electron chi connectivity index (χ2n) is 4.09. The summed E-state index contributed by atoms with van der Waals surface area (Å²) in [4.78, 5) is 11.9. The monoisotopic (exact) mass is 301 g/mol. The molecule has 1 atom stereocenters. The third-order valence-corrected chi connectivity index (χ3v) is 3.15. The highest BCUT2D eigenvalue weighted by Crippen LogP contribution is 2.13. The Morgan fingerprint density at radius 2 is 2.59 bits per heavy atom. The zero-order valence-corrected chi connectivity index (χ0v) is 11.3. The molecule has 1 aliphatic rings. The molecule has 1 aromatic heterocycles. The van der Waals surface area contributed by atoms with Gasteiger partial charge in [-0.1, -0.05) is 0 Å². The molecule has 0 bridgehead atoms. The number of nitrogens with one attached hydrogen (secondary N) is 2. The van der Waals surface area contributed by atoms with Gasteiger partial charge in [-0.2, -0.15) is 0 Å². The first-order valence-electron chi connectivity index (χ1n) is 5.58. The molecule has 0 saturated carbocycles. The number of aryl methyl sites for hydroxylation is 1. The van der Waals surface area contributed by atoms with Crippen molar-refractivity contribution in [3.63, 3.8) is 0 Å². The zero-order chi connectivity index (χ0) is 12.3. The predicted molar refractivity (Wildman–Crippen MR) is 68.1 cm³/mol. The number of hydrogen-bond acceptors (Lipinski definition) is 3. The second-order valence-corrected chi connectivity index (χ2v) is 5.01. The van der Waals surface area contributed by atoms with Gasteiger partial charge in [0, 0.05) is 36.8 Å². The highest BCUT2D eigenvalue weighted by atomic mass is 79.9. The van der Waals surface area contributed by atoms with E-state index in [4.69, 9.17) is 4.74 Å². The molecule has 1 aliphatic heterocycles. The number of morpholine rings is 1. The van der Waals surface area contributed by atoms with E-state index >= 15 is 0 Å². The molecule has 0 aliphatic carbocycles. The fourth-order valence-corrected chi connectivity index (χ4v) is 2.33. The summed E-state index contributed by atoms with van der Waals surface area (Å²) in [5, 5.41) is 6.19. The first kappa shape index (κ1) is 12.6. The highest BCUT2D eigenvalue weighted by molar-refractivity contribution is 9.10. The molecular weight excluding hydrogens is 286 g/mol. The lowest BCUT2D eigenvalue weighted by Gasteiger charge is -2.23. The minimum atomic E-state index is -0.0643. The van der Waals surface area contributed by atoms with Crippen molar-refractivity contribution in [2.45, 2.75) is 6.04 Å². The lowest BCUT2D eigenvalue weighted by Crippen LogP contribution is -2.48. The van der Waals surface area contributed by atoms with Gasteiger partial charge in [-0.25, -0.2) is 0 Å². The molecule has 1 unspecified atom stereocenters. The molecule has 2 N–H and O–H groups in total. The van der Waals surface area contributed by atoms with Crippen LogP contribution in [0.25, 0.3) is 0 Å². The van der Waals surface area contributed by atoms with Crippen LogP contribution in [-0.2, 0) is 11.8 Å². The van der Waals surface area contributed by atoms with E-state index in [9.17, 15) is 4.79 Å².